The monoisotopic (exact) mass is 568 g/mol. The summed E-state index contributed by atoms with van der Waals surface area (Å²) in [5.41, 5.74) is 10.3. The number of hydrogen-bond donors (Lipinski definition) is 0. The number of carbonyl (C=O) groups excluding carboxylic acids is 2. The highest BCUT2D eigenvalue weighted by Gasteiger charge is 2.37. The van der Waals surface area contributed by atoms with Gasteiger partial charge in [0.1, 0.15) is 0 Å². The van der Waals surface area contributed by atoms with Crippen LogP contribution in [0.5, 0.6) is 0 Å². The van der Waals surface area contributed by atoms with Gasteiger partial charge in [-0.15, -0.1) is 0 Å². The zero-order chi connectivity index (χ0) is 29.9. The molecule has 0 saturated heterocycles. The summed E-state index contributed by atoms with van der Waals surface area (Å²) in [6, 6.07) is 49.0. The maximum absolute atomic E-state index is 14.9. The number of fused-ring (bicyclic) bond motifs is 2. The van der Waals surface area contributed by atoms with Crippen LogP contribution in [0.1, 0.15) is 76.4 Å². The first-order chi connectivity index (χ1) is 21.7. The number of ketones is 2. The van der Waals surface area contributed by atoms with Crippen molar-refractivity contribution < 1.29 is 9.59 Å². The second-order valence-electron chi connectivity index (χ2n) is 11.6. The molecule has 2 nitrogen and oxygen atoms in total. The van der Waals surface area contributed by atoms with Crippen molar-refractivity contribution in [3.63, 3.8) is 0 Å². The molecule has 0 radical (unpaired) electrons. The summed E-state index contributed by atoms with van der Waals surface area (Å²) in [5.74, 6) is -0.0902. The van der Waals surface area contributed by atoms with Gasteiger partial charge >= 0.3 is 0 Å². The molecule has 44 heavy (non-hydrogen) atoms. The molecule has 0 bridgehead atoms. The molecule has 0 amide bonds. The van der Waals surface area contributed by atoms with Crippen LogP contribution in [-0.2, 0) is 25.7 Å². The van der Waals surface area contributed by atoms with Crippen LogP contribution in [0, 0.1) is 0 Å². The highest BCUT2D eigenvalue weighted by molar-refractivity contribution is 6.30. The van der Waals surface area contributed by atoms with E-state index in [1.807, 2.05) is 72.8 Å². The smallest absolute Gasteiger partial charge is 0.195 e. The van der Waals surface area contributed by atoms with E-state index in [1.54, 1.807) is 0 Å². The van der Waals surface area contributed by atoms with E-state index in [0.717, 1.165) is 44.5 Å². The van der Waals surface area contributed by atoms with Crippen molar-refractivity contribution in [2.24, 2.45) is 0 Å². The third-order valence-electron chi connectivity index (χ3n) is 8.61. The van der Waals surface area contributed by atoms with Gasteiger partial charge in [-0.2, -0.15) is 0 Å². The van der Waals surface area contributed by atoms with Crippen molar-refractivity contribution in [2.45, 2.75) is 25.7 Å². The van der Waals surface area contributed by atoms with Gasteiger partial charge < -0.3 is 0 Å². The Bertz CT molecular complexity index is 1670. The lowest BCUT2D eigenvalue weighted by molar-refractivity contribution is 0.0976. The van der Waals surface area contributed by atoms with E-state index in [9.17, 15) is 9.59 Å². The molecule has 0 fully saturated rings. The zero-order valence-electron chi connectivity index (χ0n) is 24.5. The van der Waals surface area contributed by atoms with Crippen molar-refractivity contribution in [1.82, 2.24) is 0 Å². The maximum atomic E-state index is 14.9. The molecule has 0 unspecified atom stereocenters. The van der Waals surface area contributed by atoms with Gasteiger partial charge in [-0.1, -0.05) is 146 Å². The highest BCUT2D eigenvalue weighted by Crippen LogP contribution is 2.38. The number of rotatable bonds is 8. The van der Waals surface area contributed by atoms with Crippen molar-refractivity contribution in [3.05, 3.63) is 212 Å². The summed E-state index contributed by atoms with van der Waals surface area (Å²) < 4.78 is 0. The quantitative estimate of drug-likeness (QED) is 0.184. The Morgan fingerprint density at radius 2 is 0.477 bits per heavy atom. The molecule has 2 heteroatoms. The fourth-order valence-electron chi connectivity index (χ4n) is 6.52. The first-order valence-corrected chi connectivity index (χ1v) is 15.2. The fourth-order valence-corrected chi connectivity index (χ4v) is 6.52. The second kappa shape index (κ2) is 12.1. The van der Waals surface area contributed by atoms with E-state index in [1.165, 1.54) is 0 Å². The van der Waals surface area contributed by atoms with E-state index in [0.29, 0.717) is 47.9 Å². The Hall–Kier alpha value is -5.34. The Balaban J connectivity index is 1.43. The molecule has 0 heterocycles. The van der Waals surface area contributed by atoms with Gasteiger partial charge in [0.2, 0.25) is 0 Å². The van der Waals surface area contributed by atoms with Crippen LogP contribution < -0.4 is 0 Å². The van der Waals surface area contributed by atoms with Crippen LogP contribution >= 0.6 is 0 Å². The molecule has 1 aliphatic carbocycles. The number of benzene rings is 6. The minimum atomic E-state index is -0.0451. The highest BCUT2D eigenvalue weighted by atomic mass is 16.1. The predicted molar refractivity (Wildman–Crippen MR) is 177 cm³/mol. The third-order valence-corrected chi connectivity index (χ3v) is 8.61. The Morgan fingerprint density at radius 1 is 0.273 bits per heavy atom. The van der Waals surface area contributed by atoms with Gasteiger partial charge in [-0.3, -0.25) is 9.59 Å². The molecule has 0 saturated carbocycles. The molecular formula is C42H32O2. The molecule has 0 aliphatic heterocycles. The second-order valence-corrected chi connectivity index (χ2v) is 11.6. The molecule has 0 atom stereocenters. The van der Waals surface area contributed by atoms with Gasteiger partial charge in [0.25, 0.3) is 0 Å². The summed E-state index contributed by atoms with van der Waals surface area (Å²) in [6.07, 6.45) is 2.34. The Labute approximate surface area is 258 Å². The maximum Gasteiger partial charge on any atom is 0.195 e. The van der Waals surface area contributed by atoms with E-state index < -0.39 is 0 Å². The lowest BCUT2D eigenvalue weighted by atomic mass is 9.74. The van der Waals surface area contributed by atoms with Crippen LogP contribution in [0.25, 0.3) is 0 Å². The van der Waals surface area contributed by atoms with E-state index in [4.69, 9.17) is 0 Å². The molecular weight excluding hydrogens is 536 g/mol. The normalized spacial score (nSPS) is 12.1. The molecule has 1 aliphatic rings. The first-order valence-electron chi connectivity index (χ1n) is 15.2. The average molecular weight is 569 g/mol. The molecule has 0 N–H and O–H groups in total. The molecule has 6 aromatic rings. The van der Waals surface area contributed by atoms with Crippen LogP contribution in [0.3, 0.4) is 0 Å². The summed E-state index contributed by atoms with van der Waals surface area (Å²) in [4.78, 5) is 29.9. The Kier molecular flexibility index (Phi) is 7.56. The summed E-state index contributed by atoms with van der Waals surface area (Å²) >= 11 is 0. The van der Waals surface area contributed by atoms with Gasteiger partial charge in [0.15, 0.2) is 11.6 Å². The van der Waals surface area contributed by atoms with E-state index in [-0.39, 0.29) is 11.6 Å². The van der Waals surface area contributed by atoms with Crippen LogP contribution in [0.15, 0.2) is 146 Å². The van der Waals surface area contributed by atoms with Crippen molar-refractivity contribution >= 4 is 11.6 Å². The van der Waals surface area contributed by atoms with Crippen LogP contribution in [0.4, 0.5) is 0 Å². The zero-order valence-corrected chi connectivity index (χ0v) is 24.5. The molecule has 6 aromatic carbocycles. The van der Waals surface area contributed by atoms with Gasteiger partial charge in [-0.05, 0) is 70.2 Å². The third kappa shape index (κ3) is 5.43. The van der Waals surface area contributed by atoms with E-state index >= 15 is 0 Å². The van der Waals surface area contributed by atoms with Crippen LogP contribution in [0.2, 0.25) is 0 Å². The van der Waals surface area contributed by atoms with Crippen molar-refractivity contribution in [2.75, 3.05) is 0 Å². The summed E-state index contributed by atoms with van der Waals surface area (Å²) in [6.45, 7) is 0. The first kappa shape index (κ1) is 27.5. The van der Waals surface area contributed by atoms with Crippen molar-refractivity contribution in [1.29, 1.82) is 0 Å². The predicted octanol–water partition coefficient (Wildman–Crippen LogP) is 8.83. The van der Waals surface area contributed by atoms with Crippen LogP contribution in [-0.4, -0.2) is 11.6 Å². The topological polar surface area (TPSA) is 34.1 Å². The van der Waals surface area contributed by atoms with Gasteiger partial charge in [-0.25, -0.2) is 0 Å². The lowest BCUT2D eigenvalue weighted by Crippen LogP contribution is -2.27. The fraction of sp³-hybridized carbons (Fsp3) is 0.0952. The van der Waals surface area contributed by atoms with Gasteiger partial charge in [0.05, 0.1) is 0 Å². The molecule has 0 spiro atoms. The van der Waals surface area contributed by atoms with Gasteiger partial charge in [0, 0.05) is 22.3 Å². The summed E-state index contributed by atoms with van der Waals surface area (Å²) in [7, 11) is 0. The molecule has 7 rings (SSSR count). The van der Waals surface area contributed by atoms with E-state index in [2.05, 4.69) is 72.8 Å². The summed E-state index contributed by atoms with van der Waals surface area (Å²) in [5, 5.41) is 0. The SMILES string of the molecule is O=C1c2c(Cc3ccccc3)ccc(Cc3ccccc3)c2C(=O)c2c(Cc3ccccc3)ccc(Cc3ccccc3)c21. The standard InChI is InChI=1S/C42H32O2/c43-41-37-33(25-29-13-5-1-6-14-29)21-22-34(26-30-15-7-2-8-16-30)38(37)42(44)40-36(28-32-19-11-4-12-20-32)24-23-35(39(40)41)27-31-17-9-3-10-18-31/h1-24H,25-28H2. The number of carbonyl (C=O) groups is 2. The minimum Gasteiger partial charge on any atom is -0.289 e. The number of hydrogen-bond acceptors (Lipinski definition) is 2. The Morgan fingerprint density at radius 3 is 0.682 bits per heavy atom. The minimum absolute atomic E-state index is 0.0451. The average Bonchev–Trinajstić information content (AvgIpc) is 3.06. The largest absolute Gasteiger partial charge is 0.289 e. The van der Waals surface area contributed by atoms with Crippen molar-refractivity contribution in [3.8, 4) is 0 Å². The molecule has 0 aromatic heterocycles. The molecule has 212 valence electrons. The lowest BCUT2D eigenvalue weighted by Gasteiger charge is -2.27.